The Morgan fingerprint density at radius 2 is 2.07 bits per heavy atom. The van der Waals surface area contributed by atoms with Crippen molar-refractivity contribution in [2.45, 2.75) is 13.3 Å². The van der Waals surface area contributed by atoms with Gasteiger partial charge in [0.05, 0.1) is 17.6 Å². The lowest BCUT2D eigenvalue weighted by Crippen LogP contribution is -2.21. The molecule has 0 spiro atoms. The van der Waals surface area contributed by atoms with Crippen molar-refractivity contribution in [2.75, 3.05) is 13.1 Å². The second-order valence-electron chi connectivity index (χ2n) is 6.58. The Labute approximate surface area is 166 Å². The molecule has 7 nitrogen and oxygen atoms in total. The van der Waals surface area contributed by atoms with Crippen molar-refractivity contribution in [3.8, 4) is 11.3 Å². The Morgan fingerprint density at radius 1 is 1.18 bits per heavy atom. The van der Waals surface area contributed by atoms with Gasteiger partial charge in [0.15, 0.2) is 17.1 Å². The van der Waals surface area contributed by atoms with Gasteiger partial charge < -0.3 is 9.73 Å². The van der Waals surface area contributed by atoms with Crippen LogP contribution in [0, 0.1) is 6.92 Å². The molecule has 1 aliphatic rings. The first-order valence-corrected chi connectivity index (χ1v) is 8.84. The summed E-state index contributed by atoms with van der Waals surface area (Å²) in [6.45, 7) is 3.55. The van der Waals surface area contributed by atoms with Crippen LogP contribution in [0.25, 0.3) is 33.6 Å². The van der Waals surface area contributed by atoms with Crippen LogP contribution < -0.4 is 10.9 Å². The number of fused-ring (bicyclic) bond motifs is 2. The van der Waals surface area contributed by atoms with Crippen LogP contribution in [0.15, 0.2) is 51.9 Å². The maximum Gasteiger partial charge on any atom is 0.258 e. The Balaban J connectivity index is 0.00000192. The van der Waals surface area contributed by atoms with E-state index < -0.39 is 0 Å². The van der Waals surface area contributed by atoms with Crippen LogP contribution in [0.3, 0.4) is 0 Å². The zero-order valence-corrected chi connectivity index (χ0v) is 16.0. The first-order valence-electron chi connectivity index (χ1n) is 8.84. The van der Waals surface area contributed by atoms with E-state index in [9.17, 15) is 4.79 Å². The van der Waals surface area contributed by atoms with Gasteiger partial charge in [-0.15, -0.1) is 12.4 Å². The predicted molar refractivity (Wildman–Crippen MR) is 110 cm³/mol. The summed E-state index contributed by atoms with van der Waals surface area (Å²) in [5.41, 5.74) is 5.22. The van der Waals surface area contributed by atoms with Gasteiger partial charge in [-0.05, 0) is 30.7 Å². The lowest BCUT2D eigenvalue weighted by Gasteiger charge is -2.14. The van der Waals surface area contributed by atoms with Crippen LogP contribution in [0.2, 0.25) is 0 Å². The third-order valence-corrected chi connectivity index (χ3v) is 4.73. The van der Waals surface area contributed by atoms with E-state index >= 15 is 0 Å². The van der Waals surface area contributed by atoms with Crippen molar-refractivity contribution in [3.63, 3.8) is 0 Å². The maximum absolute atomic E-state index is 12.7. The number of hydrogen-bond donors (Lipinski definition) is 1. The highest BCUT2D eigenvalue weighted by atomic mass is 35.5. The Bertz CT molecular complexity index is 1270. The van der Waals surface area contributed by atoms with Gasteiger partial charge in [0.1, 0.15) is 5.52 Å². The minimum atomic E-state index is -0.137. The summed E-state index contributed by atoms with van der Waals surface area (Å²) in [4.78, 5) is 26.1. The number of hydrogen-bond acceptors (Lipinski definition) is 6. The molecule has 142 valence electrons. The number of nitrogens with one attached hydrogen (secondary N) is 1. The fourth-order valence-electron chi connectivity index (χ4n) is 3.38. The van der Waals surface area contributed by atoms with Crippen molar-refractivity contribution in [2.24, 2.45) is 0 Å². The summed E-state index contributed by atoms with van der Waals surface area (Å²) < 4.78 is 7.13. The van der Waals surface area contributed by atoms with Crippen LogP contribution in [0.4, 0.5) is 0 Å². The average Bonchev–Trinajstić information content (AvgIpc) is 3.07. The minimum Gasteiger partial charge on any atom is -0.441 e. The van der Waals surface area contributed by atoms with E-state index in [1.807, 2.05) is 18.2 Å². The highest BCUT2D eigenvalue weighted by Gasteiger charge is 2.12. The van der Waals surface area contributed by atoms with E-state index in [0.29, 0.717) is 22.8 Å². The molecule has 1 aliphatic heterocycles. The number of halogens is 1. The second-order valence-corrected chi connectivity index (χ2v) is 6.58. The molecular weight excluding hydrogens is 378 g/mol. The molecule has 1 N–H and O–H groups in total. The minimum absolute atomic E-state index is 0. The summed E-state index contributed by atoms with van der Waals surface area (Å²) in [6.07, 6.45) is 6.43. The predicted octanol–water partition coefficient (Wildman–Crippen LogP) is 3.00. The fraction of sp³-hybridized carbons (Fsp3) is 0.200. The van der Waals surface area contributed by atoms with E-state index in [1.165, 1.54) is 6.07 Å². The molecular formula is C20H18ClN5O2. The molecule has 0 saturated heterocycles. The molecule has 4 aromatic rings. The van der Waals surface area contributed by atoms with Crippen molar-refractivity contribution in [1.29, 1.82) is 0 Å². The van der Waals surface area contributed by atoms with Gasteiger partial charge >= 0.3 is 0 Å². The van der Waals surface area contributed by atoms with Gasteiger partial charge in [0.2, 0.25) is 0 Å². The molecule has 0 fully saturated rings. The molecule has 0 radical (unpaired) electrons. The van der Waals surface area contributed by atoms with Crippen molar-refractivity contribution < 1.29 is 4.42 Å². The van der Waals surface area contributed by atoms with Gasteiger partial charge in [-0.1, -0.05) is 12.1 Å². The summed E-state index contributed by atoms with van der Waals surface area (Å²) in [5.74, 6) is 0.609. The first-order chi connectivity index (χ1) is 13.2. The Hall–Kier alpha value is -3.03. The highest BCUT2D eigenvalue weighted by molar-refractivity contribution is 5.85. The molecule has 0 aliphatic carbocycles. The third kappa shape index (κ3) is 3.19. The van der Waals surface area contributed by atoms with Crippen molar-refractivity contribution in [3.05, 3.63) is 64.7 Å². The molecule has 0 bridgehead atoms. The van der Waals surface area contributed by atoms with E-state index in [2.05, 4.69) is 26.3 Å². The summed E-state index contributed by atoms with van der Waals surface area (Å²) in [6, 6.07) is 7.16. The van der Waals surface area contributed by atoms with Gasteiger partial charge in [-0.2, -0.15) is 0 Å². The maximum atomic E-state index is 12.7. The van der Waals surface area contributed by atoms with Gasteiger partial charge in [0.25, 0.3) is 5.56 Å². The molecule has 1 aromatic carbocycles. The van der Waals surface area contributed by atoms with Crippen molar-refractivity contribution >= 4 is 34.7 Å². The first kappa shape index (κ1) is 18.3. The summed E-state index contributed by atoms with van der Waals surface area (Å²) >= 11 is 0. The summed E-state index contributed by atoms with van der Waals surface area (Å²) in [5, 5.41) is 3.28. The smallest absolute Gasteiger partial charge is 0.258 e. The van der Waals surface area contributed by atoms with Crippen LogP contribution >= 0.6 is 12.4 Å². The molecule has 0 unspecified atom stereocenters. The SMILES string of the molecule is Cc1nc2ccc(-c3cc(=O)n4cc(C5=CCNCC5)ncc4n3)cc2o1.Cl. The molecule has 3 aromatic heterocycles. The molecule has 0 atom stereocenters. The number of aromatic nitrogens is 4. The van der Waals surface area contributed by atoms with Gasteiger partial charge in [-0.3, -0.25) is 14.2 Å². The average molecular weight is 396 g/mol. The van der Waals surface area contributed by atoms with E-state index in [4.69, 9.17) is 4.42 Å². The number of oxazole rings is 1. The lowest BCUT2D eigenvalue weighted by atomic mass is 10.1. The zero-order valence-electron chi connectivity index (χ0n) is 15.2. The Kier molecular flexibility index (Phi) is 4.70. The molecule has 8 heteroatoms. The molecule has 4 heterocycles. The monoisotopic (exact) mass is 395 g/mol. The van der Waals surface area contributed by atoms with Crippen LogP contribution in [0.5, 0.6) is 0 Å². The lowest BCUT2D eigenvalue weighted by molar-refractivity contribution is 0.561. The van der Waals surface area contributed by atoms with Crippen LogP contribution in [0.1, 0.15) is 18.0 Å². The molecule has 5 rings (SSSR count). The fourth-order valence-corrected chi connectivity index (χ4v) is 3.38. The molecule has 28 heavy (non-hydrogen) atoms. The van der Waals surface area contributed by atoms with Gasteiger partial charge in [0, 0.05) is 31.3 Å². The molecule has 0 saturated carbocycles. The normalized spacial score (nSPS) is 14.1. The number of nitrogens with zero attached hydrogens (tertiary/aromatic N) is 4. The highest BCUT2D eigenvalue weighted by Crippen LogP contribution is 2.24. The van der Waals surface area contributed by atoms with E-state index in [-0.39, 0.29) is 18.0 Å². The van der Waals surface area contributed by atoms with E-state index in [0.717, 1.165) is 41.9 Å². The quantitative estimate of drug-likeness (QED) is 0.561. The van der Waals surface area contributed by atoms with Crippen molar-refractivity contribution in [1.82, 2.24) is 24.7 Å². The molecule has 0 amide bonds. The number of aryl methyl sites for hydroxylation is 1. The second kappa shape index (κ2) is 7.18. The number of benzene rings is 1. The summed E-state index contributed by atoms with van der Waals surface area (Å²) in [7, 11) is 0. The largest absolute Gasteiger partial charge is 0.441 e. The topological polar surface area (TPSA) is 85.3 Å². The Morgan fingerprint density at radius 3 is 2.89 bits per heavy atom. The standard InChI is InChI=1S/C20H17N5O2.ClH/c1-12-23-15-3-2-14(8-18(15)27-12)16-9-20(26)25-11-17(22-10-19(25)24-16)13-4-6-21-7-5-13;/h2-4,8-11,21H,5-7H2,1H3;1H. The zero-order chi connectivity index (χ0) is 18.4. The third-order valence-electron chi connectivity index (χ3n) is 4.73. The van der Waals surface area contributed by atoms with Crippen LogP contribution in [-0.2, 0) is 0 Å². The number of rotatable bonds is 2. The van der Waals surface area contributed by atoms with E-state index in [1.54, 1.807) is 23.7 Å². The van der Waals surface area contributed by atoms with Gasteiger partial charge in [-0.25, -0.2) is 9.97 Å². The van der Waals surface area contributed by atoms with Crippen LogP contribution in [-0.4, -0.2) is 32.4 Å².